The Kier molecular flexibility index (Phi) is 7.51. The van der Waals surface area contributed by atoms with Gasteiger partial charge in [-0.1, -0.05) is 62.4 Å². The van der Waals surface area contributed by atoms with Crippen molar-refractivity contribution >= 4 is 38.8 Å². The van der Waals surface area contributed by atoms with Crippen LogP contribution >= 0.6 is 11.3 Å². The molecule has 0 aliphatic rings. The lowest BCUT2D eigenvalue weighted by Crippen LogP contribution is -2.30. The van der Waals surface area contributed by atoms with Crippen LogP contribution in [0.5, 0.6) is 0 Å². The van der Waals surface area contributed by atoms with E-state index in [1.807, 2.05) is 61.7 Å². The summed E-state index contributed by atoms with van der Waals surface area (Å²) in [4.78, 5) is 4.80. The zero-order chi connectivity index (χ0) is 21.4. The molecule has 1 heterocycles. The van der Waals surface area contributed by atoms with Gasteiger partial charge in [0.2, 0.25) is 15.2 Å². The third-order valence-electron chi connectivity index (χ3n) is 4.41. The van der Waals surface area contributed by atoms with Gasteiger partial charge in [-0.3, -0.25) is 5.43 Å². The molecule has 1 aromatic heterocycles. The fourth-order valence-electron chi connectivity index (χ4n) is 2.82. The number of hydrazone groups is 1. The second-order valence-electron chi connectivity index (χ2n) is 6.31. The Morgan fingerprint density at radius 1 is 1.07 bits per heavy atom. The lowest BCUT2D eigenvalue weighted by atomic mass is 10.2. The molecule has 30 heavy (non-hydrogen) atoms. The first-order valence-corrected chi connectivity index (χ1v) is 11.9. The van der Waals surface area contributed by atoms with Crippen LogP contribution in [0.4, 0.5) is 5.13 Å². The monoisotopic (exact) mass is 440 g/mol. The van der Waals surface area contributed by atoms with E-state index in [0.717, 1.165) is 16.8 Å². The molecular formula is C22H24N4O2S2. The van der Waals surface area contributed by atoms with Crippen molar-refractivity contribution < 1.29 is 8.42 Å². The third kappa shape index (κ3) is 5.41. The van der Waals surface area contributed by atoms with E-state index in [9.17, 15) is 8.42 Å². The van der Waals surface area contributed by atoms with Crippen LogP contribution in [0.3, 0.4) is 0 Å². The summed E-state index contributed by atoms with van der Waals surface area (Å²) in [7, 11) is -3.45. The van der Waals surface area contributed by atoms with E-state index in [1.54, 1.807) is 30.5 Å². The molecule has 0 aliphatic carbocycles. The molecule has 1 N–H and O–H groups in total. The topological polar surface area (TPSA) is 74.7 Å². The first-order chi connectivity index (χ1) is 14.5. The maximum atomic E-state index is 12.6. The van der Waals surface area contributed by atoms with Gasteiger partial charge in [-0.2, -0.15) is 9.41 Å². The van der Waals surface area contributed by atoms with Crippen LogP contribution in [0.2, 0.25) is 0 Å². The van der Waals surface area contributed by atoms with Crippen LogP contribution in [-0.2, 0) is 10.0 Å². The van der Waals surface area contributed by atoms with E-state index in [4.69, 9.17) is 0 Å². The third-order valence-corrected chi connectivity index (χ3v) is 7.22. The van der Waals surface area contributed by atoms with Crippen molar-refractivity contribution in [3.05, 3.63) is 71.6 Å². The van der Waals surface area contributed by atoms with Gasteiger partial charge >= 0.3 is 0 Å². The summed E-state index contributed by atoms with van der Waals surface area (Å²) in [6.07, 6.45) is 5.49. The van der Waals surface area contributed by atoms with Gasteiger partial charge in [-0.25, -0.2) is 13.4 Å². The van der Waals surface area contributed by atoms with Gasteiger partial charge in [-0.15, -0.1) is 11.3 Å². The molecule has 0 aliphatic heterocycles. The summed E-state index contributed by atoms with van der Waals surface area (Å²) in [6.45, 7) is 4.56. The van der Waals surface area contributed by atoms with Crippen molar-refractivity contribution in [1.29, 1.82) is 0 Å². The summed E-state index contributed by atoms with van der Waals surface area (Å²) < 4.78 is 26.6. The molecule has 2 aromatic carbocycles. The number of aromatic nitrogens is 1. The van der Waals surface area contributed by atoms with Gasteiger partial charge in [0.25, 0.3) is 0 Å². The molecule has 0 unspecified atom stereocenters. The average Bonchev–Trinajstić information content (AvgIpc) is 3.24. The number of rotatable bonds is 9. The summed E-state index contributed by atoms with van der Waals surface area (Å²) >= 11 is 1.43. The molecule has 156 valence electrons. The number of anilines is 1. The van der Waals surface area contributed by atoms with Crippen molar-refractivity contribution in [1.82, 2.24) is 9.29 Å². The summed E-state index contributed by atoms with van der Waals surface area (Å²) in [5.41, 5.74) is 5.63. The Bertz CT molecular complexity index is 1100. The molecule has 0 amide bonds. The Balaban J connectivity index is 1.63. The molecule has 0 spiro atoms. The lowest BCUT2D eigenvalue weighted by Gasteiger charge is -2.18. The normalized spacial score (nSPS) is 12.2. The highest BCUT2D eigenvalue weighted by Crippen LogP contribution is 2.26. The van der Waals surface area contributed by atoms with Gasteiger partial charge in [0, 0.05) is 30.2 Å². The van der Waals surface area contributed by atoms with Crippen molar-refractivity contribution in [2.75, 3.05) is 18.5 Å². The Morgan fingerprint density at radius 3 is 2.43 bits per heavy atom. The first-order valence-electron chi connectivity index (χ1n) is 9.61. The van der Waals surface area contributed by atoms with Gasteiger partial charge < -0.3 is 0 Å². The molecule has 0 bridgehead atoms. The smallest absolute Gasteiger partial charge is 0.243 e. The van der Waals surface area contributed by atoms with Gasteiger partial charge in [0.15, 0.2) is 0 Å². The number of nitrogens with one attached hydrogen (secondary N) is 1. The zero-order valence-electron chi connectivity index (χ0n) is 16.9. The van der Waals surface area contributed by atoms with E-state index in [0.29, 0.717) is 23.1 Å². The van der Waals surface area contributed by atoms with Crippen LogP contribution in [-0.4, -0.2) is 37.0 Å². The summed E-state index contributed by atoms with van der Waals surface area (Å²) in [5, 5.41) is 6.72. The number of hydrogen-bond acceptors (Lipinski definition) is 6. The SMILES string of the molecule is CCN(CC)S(=O)(=O)c1ccc(-c2csc(N/N=C/C=C/c3ccccc3)n2)cc1. The predicted octanol–water partition coefficient (Wildman–Crippen LogP) is 4.95. The van der Waals surface area contributed by atoms with Crippen LogP contribution in [0.15, 0.2) is 76.1 Å². The van der Waals surface area contributed by atoms with Crippen molar-refractivity contribution in [2.24, 2.45) is 5.10 Å². The Hall–Kier alpha value is -2.81. The van der Waals surface area contributed by atoms with Crippen LogP contribution < -0.4 is 5.43 Å². The van der Waals surface area contributed by atoms with Gasteiger partial charge in [0.05, 0.1) is 10.6 Å². The number of hydrogen-bond donors (Lipinski definition) is 1. The maximum absolute atomic E-state index is 12.6. The van der Waals surface area contributed by atoms with Crippen LogP contribution in [0, 0.1) is 0 Å². The maximum Gasteiger partial charge on any atom is 0.243 e. The highest BCUT2D eigenvalue weighted by molar-refractivity contribution is 7.89. The standard InChI is InChI=1S/C22H24N4O2S2/c1-3-26(4-2)30(27,28)20-14-12-19(13-15-20)21-17-29-22(24-21)25-23-16-8-11-18-9-6-5-7-10-18/h5-17H,3-4H2,1-2H3,(H,24,25)/b11-8+,23-16+. The second kappa shape index (κ2) is 10.3. The largest absolute Gasteiger partial charge is 0.253 e. The number of thiazole rings is 1. The van der Waals surface area contributed by atoms with Gasteiger partial charge in [-0.05, 0) is 23.8 Å². The molecule has 0 saturated heterocycles. The molecule has 0 radical (unpaired) electrons. The van der Waals surface area contributed by atoms with Crippen molar-refractivity contribution in [3.63, 3.8) is 0 Å². The molecule has 0 saturated carbocycles. The van der Waals surface area contributed by atoms with E-state index in [-0.39, 0.29) is 0 Å². The van der Waals surface area contributed by atoms with E-state index in [1.165, 1.54) is 15.6 Å². The van der Waals surface area contributed by atoms with Crippen molar-refractivity contribution in [2.45, 2.75) is 18.7 Å². The first kappa shape index (κ1) is 21.9. The highest BCUT2D eigenvalue weighted by atomic mass is 32.2. The average molecular weight is 441 g/mol. The fourth-order valence-corrected chi connectivity index (χ4v) is 4.95. The van der Waals surface area contributed by atoms with Crippen molar-refractivity contribution in [3.8, 4) is 11.3 Å². The molecule has 6 nitrogen and oxygen atoms in total. The van der Waals surface area contributed by atoms with E-state index < -0.39 is 10.0 Å². The highest BCUT2D eigenvalue weighted by Gasteiger charge is 2.21. The molecular weight excluding hydrogens is 416 g/mol. The Morgan fingerprint density at radius 2 is 1.77 bits per heavy atom. The van der Waals surface area contributed by atoms with Crippen LogP contribution in [0.25, 0.3) is 17.3 Å². The lowest BCUT2D eigenvalue weighted by molar-refractivity contribution is 0.445. The number of sulfonamides is 1. The molecule has 3 aromatic rings. The minimum Gasteiger partial charge on any atom is -0.253 e. The number of benzene rings is 2. The predicted molar refractivity (Wildman–Crippen MR) is 125 cm³/mol. The van der Waals surface area contributed by atoms with Gasteiger partial charge in [0.1, 0.15) is 0 Å². The molecule has 0 fully saturated rings. The number of allylic oxidation sites excluding steroid dienone is 1. The molecule has 3 rings (SSSR count). The Labute approximate surface area is 181 Å². The summed E-state index contributed by atoms with van der Waals surface area (Å²) in [5.74, 6) is 0. The minimum absolute atomic E-state index is 0.290. The van der Waals surface area contributed by atoms with Crippen LogP contribution in [0.1, 0.15) is 19.4 Å². The number of nitrogens with zero attached hydrogens (tertiary/aromatic N) is 3. The minimum atomic E-state index is -3.45. The molecule has 0 atom stereocenters. The van der Waals surface area contributed by atoms with E-state index >= 15 is 0 Å². The quantitative estimate of drug-likeness (QED) is 0.377. The summed E-state index contributed by atoms with van der Waals surface area (Å²) in [6, 6.07) is 16.8. The second-order valence-corrected chi connectivity index (χ2v) is 9.11. The van der Waals surface area contributed by atoms with E-state index in [2.05, 4.69) is 15.5 Å². The molecule has 8 heteroatoms. The fraction of sp³-hybridized carbons (Fsp3) is 0.182. The zero-order valence-corrected chi connectivity index (χ0v) is 18.5.